The van der Waals surface area contributed by atoms with Crippen LogP contribution in [0.25, 0.3) is 0 Å². The number of rotatable bonds is 25. The molecule has 0 aliphatic heterocycles. The summed E-state index contributed by atoms with van der Waals surface area (Å²) in [4.78, 5) is 0. The SMILES string of the molecule is CCCCCCCCCCCCCCCCCCOC[C@H](CO[Si](C)(C)C)OCc1cc(F)cc(Br)c1. The van der Waals surface area contributed by atoms with E-state index >= 15 is 0 Å². The summed E-state index contributed by atoms with van der Waals surface area (Å²) in [6.07, 6.45) is 21.8. The average Bonchev–Trinajstić information content (AvgIpc) is 2.83. The van der Waals surface area contributed by atoms with Crippen LogP contribution in [-0.2, 0) is 20.5 Å². The highest BCUT2D eigenvalue weighted by Crippen LogP contribution is 2.17. The molecule has 0 aliphatic rings. The summed E-state index contributed by atoms with van der Waals surface area (Å²) in [5.41, 5.74) is 0.808. The Bertz CT molecular complexity index is 648. The zero-order valence-electron chi connectivity index (χ0n) is 24.4. The van der Waals surface area contributed by atoms with Crippen LogP contribution in [0.1, 0.15) is 115 Å². The van der Waals surface area contributed by atoms with Gasteiger partial charge in [0.05, 0.1) is 19.8 Å². The fourth-order valence-electron chi connectivity index (χ4n) is 4.36. The van der Waals surface area contributed by atoms with Crippen LogP contribution in [-0.4, -0.2) is 34.2 Å². The molecule has 0 saturated carbocycles. The maximum Gasteiger partial charge on any atom is 0.183 e. The molecule has 0 spiro atoms. The van der Waals surface area contributed by atoms with Crippen molar-refractivity contribution in [2.75, 3.05) is 19.8 Å². The van der Waals surface area contributed by atoms with E-state index in [0.717, 1.165) is 23.1 Å². The highest BCUT2D eigenvalue weighted by atomic mass is 79.9. The first-order chi connectivity index (χ1) is 17.8. The van der Waals surface area contributed by atoms with Gasteiger partial charge in [-0.2, -0.15) is 0 Å². The molecule has 0 unspecified atom stereocenters. The van der Waals surface area contributed by atoms with Gasteiger partial charge in [-0.25, -0.2) is 4.39 Å². The van der Waals surface area contributed by atoms with E-state index in [1.807, 2.05) is 6.07 Å². The molecular formula is C31H56BrFO3Si. The van der Waals surface area contributed by atoms with E-state index in [9.17, 15) is 4.39 Å². The van der Waals surface area contributed by atoms with Crippen LogP contribution in [0.15, 0.2) is 22.7 Å². The molecule has 0 amide bonds. The second kappa shape index (κ2) is 22.5. The van der Waals surface area contributed by atoms with Gasteiger partial charge in [0.25, 0.3) is 0 Å². The van der Waals surface area contributed by atoms with E-state index < -0.39 is 8.32 Å². The van der Waals surface area contributed by atoms with Crippen molar-refractivity contribution in [3.63, 3.8) is 0 Å². The number of hydrogen-bond donors (Lipinski definition) is 0. The zero-order chi connectivity index (χ0) is 27.2. The first-order valence-electron chi connectivity index (χ1n) is 15.1. The van der Waals surface area contributed by atoms with Gasteiger partial charge in [-0.15, -0.1) is 0 Å². The van der Waals surface area contributed by atoms with Gasteiger partial charge >= 0.3 is 0 Å². The Morgan fingerprint density at radius 3 is 1.73 bits per heavy atom. The molecule has 0 heterocycles. The minimum Gasteiger partial charge on any atom is -0.415 e. The number of halogens is 2. The molecule has 0 aromatic heterocycles. The molecule has 6 heteroatoms. The Kier molecular flexibility index (Phi) is 21.2. The van der Waals surface area contributed by atoms with Gasteiger partial charge in [0, 0.05) is 11.1 Å². The molecule has 37 heavy (non-hydrogen) atoms. The van der Waals surface area contributed by atoms with Crippen molar-refractivity contribution in [2.45, 2.75) is 142 Å². The summed E-state index contributed by atoms with van der Waals surface area (Å²) < 4.78 is 32.4. The van der Waals surface area contributed by atoms with E-state index in [1.54, 1.807) is 0 Å². The monoisotopic (exact) mass is 602 g/mol. The zero-order valence-corrected chi connectivity index (χ0v) is 27.0. The van der Waals surface area contributed by atoms with Gasteiger partial charge in [-0.1, -0.05) is 119 Å². The van der Waals surface area contributed by atoms with E-state index in [4.69, 9.17) is 13.9 Å². The lowest BCUT2D eigenvalue weighted by molar-refractivity contribution is -0.0468. The standard InChI is InChI=1S/C31H56BrFO3Si/c1-5-6-7-8-9-10-11-12-13-14-15-16-17-18-19-20-21-34-26-31(27-36-37(2,3)4)35-25-28-22-29(32)24-30(33)23-28/h22-24,31H,5-21,25-27H2,1-4H3/t31-/m1/s1. The summed E-state index contributed by atoms with van der Waals surface area (Å²) in [6, 6.07) is 4.85. The van der Waals surface area contributed by atoms with Gasteiger partial charge < -0.3 is 13.9 Å². The third-order valence-corrected chi connectivity index (χ3v) is 8.05. The molecular weight excluding hydrogens is 547 g/mol. The molecule has 0 saturated heterocycles. The van der Waals surface area contributed by atoms with Crippen LogP contribution in [0.3, 0.4) is 0 Å². The molecule has 0 fully saturated rings. The van der Waals surface area contributed by atoms with E-state index in [2.05, 4.69) is 42.5 Å². The topological polar surface area (TPSA) is 27.7 Å². The molecule has 1 aromatic rings. The smallest absolute Gasteiger partial charge is 0.183 e. The molecule has 1 rings (SSSR count). The van der Waals surface area contributed by atoms with Crippen molar-refractivity contribution in [2.24, 2.45) is 0 Å². The molecule has 1 atom stereocenters. The number of benzene rings is 1. The maximum absolute atomic E-state index is 13.7. The highest BCUT2D eigenvalue weighted by Gasteiger charge is 2.19. The summed E-state index contributed by atoms with van der Waals surface area (Å²) in [5, 5.41) is 0. The number of unbranched alkanes of at least 4 members (excludes halogenated alkanes) is 15. The van der Waals surface area contributed by atoms with Crippen molar-refractivity contribution in [1.82, 2.24) is 0 Å². The summed E-state index contributed by atoms with van der Waals surface area (Å²) in [7, 11) is -1.64. The Hall–Kier alpha value is -0.273. The minimum atomic E-state index is -1.64. The lowest BCUT2D eigenvalue weighted by Crippen LogP contribution is -2.34. The summed E-state index contributed by atoms with van der Waals surface area (Å²) in [5.74, 6) is -0.261. The summed E-state index contributed by atoms with van der Waals surface area (Å²) >= 11 is 3.35. The second-order valence-electron chi connectivity index (χ2n) is 11.5. The Morgan fingerprint density at radius 1 is 0.730 bits per heavy atom. The molecule has 0 N–H and O–H groups in total. The van der Waals surface area contributed by atoms with Crippen molar-refractivity contribution >= 4 is 24.2 Å². The largest absolute Gasteiger partial charge is 0.415 e. The molecule has 3 nitrogen and oxygen atoms in total. The van der Waals surface area contributed by atoms with E-state index in [-0.39, 0.29) is 11.9 Å². The van der Waals surface area contributed by atoms with Gasteiger partial charge in [0.15, 0.2) is 8.32 Å². The molecule has 216 valence electrons. The Morgan fingerprint density at radius 2 is 1.24 bits per heavy atom. The molecule has 0 bridgehead atoms. The molecule has 1 aromatic carbocycles. The first-order valence-corrected chi connectivity index (χ1v) is 19.3. The van der Waals surface area contributed by atoms with Crippen LogP contribution < -0.4 is 0 Å². The minimum absolute atomic E-state index is 0.144. The lowest BCUT2D eigenvalue weighted by Gasteiger charge is -2.23. The van der Waals surface area contributed by atoms with Crippen molar-refractivity contribution in [3.8, 4) is 0 Å². The van der Waals surface area contributed by atoms with Crippen molar-refractivity contribution in [3.05, 3.63) is 34.1 Å². The lowest BCUT2D eigenvalue weighted by atomic mass is 10.0. The van der Waals surface area contributed by atoms with E-state index in [0.29, 0.717) is 19.8 Å². The van der Waals surface area contributed by atoms with Gasteiger partial charge in [-0.05, 0) is 49.8 Å². The predicted octanol–water partition coefficient (Wildman–Crippen LogP) is 10.6. The number of ether oxygens (including phenoxy) is 2. The van der Waals surface area contributed by atoms with Crippen LogP contribution in [0.5, 0.6) is 0 Å². The third kappa shape index (κ3) is 22.3. The molecule has 0 aliphatic carbocycles. The number of hydrogen-bond acceptors (Lipinski definition) is 3. The summed E-state index contributed by atoms with van der Waals surface area (Å²) in [6.45, 7) is 10.9. The van der Waals surface area contributed by atoms with Crippen LogP contribution in [0, 0.1) is 5.82 Å². The predicted molar refractivity (Wildman–Crippen MR) is 162 cm³/mol. The van der Waals surface area contributed by atoms with Gasteiger partial charge in [0.1, 0.15) is 11.9 Å². The fourth-order valence-corrected chi connectivity index (χ4v) is 5.56. The van der Waals surface area contributed by atoms with Crippen molar-refractivity contribution < 1.29 is 18.3 Å². The maximum atomic E-state index is 13.7. The van der Waals surface area contributed by atoms with Gasteiger partial charge in [0.2, 0.25) is 0 Å². The Labute approximate surface area is 237 Å². The highest BCUT2D eigenvalue weighted by molar-refractivity contribution is 9.10. The van der Waals surface area contributed by atoms with E-state index in [1.165, 1.54) is 108 Å². The van der Waals surface area contributed by atoms with Crippen LogP contribution >= 0.6 is 15.9 Å². The van der Waals surface area contributed by atoms with Gasteiger partial charge in [-0.3, -0.25) is 0 Å². The van der Waals surface area contributed by atoms with Crippen molar-refractivity contribution in [1.29, 1.82) is 0 Å². The second-order valence-corrected chi connectivity index (χ2v) is 16.9. The quantitative estimate of drug-likeness (QED) is 0.0822. The van der Waals surface area contributed by atoms with Crippen LogP contribution in [0.4, 0.5) is 4.39 Å². The van der Waals surface area contributed by atoms with Crippen LogP contribution in [0.2, 0.25) is 19.6 Å². The first kappa shape index (κ1) is 34.8. The molecule has 0 radical (unpaired) electrons. The normalized spacial score (nSPS) is 12.8. The third-order valence-electron chi connectivity index (χ3n) is 6.56. The average molecular weight is 604 g/mol. The Balaban J connectivity index is 2.04. The fraction of sp³-hybridized carbons (Fsp3) is 0.806.